The van der Waals surface area contributed by atoms with Crippen molar-refractivity contribution in [3.8, 4) is 0 Å². The Balaban J connectivity index is 1.82. The van der Waals surface area contributed by atoms with Crippen LogP contribution in [0, 0.1) is 5.82 Å². The van der Waals surface area contributed by atoms with Gasteiger partial charge in [-0.2, -0.15) is 0 Å². The number of hydrogen-bond donors (Lipinski definition) is 1. The van der Waals surface area contributed by atoms with Gasteiger partial charge < -0.3 is 10.1 Å². The predicted molar refractivity (Wildman–Crippen MR) is 66.1 cm³/mol. The van der Waals surface area contributed by atoms with Crippen LogP contribution < -0.4 is 5.32 Å². The number of rotatable bonds is 4. The fourth-order valence-corrected chi connectivity index (χ4v) is 1.91. The van der Waals surface area contributed by atoms with E-state index in [4.69, 9.17) is 4.74 Å². The van der Waals surface area contributed by atoms with Gasteiger partial charge in [-0.25, -0.2) is 4.39 Å². The molecule has 2 atom stereocenters. The maximum absolute atomic E-state index is 12.8. The lowest BCUT2D eigenvalue weighted by molar-refractivity contribution is 0.120. The number of halogens is 1. The molecule has 1 aromatic rings. The summed E-state index contributed by atoms with van der Waals surface area (Å²) in [5, 5.41) is 3.41. The number of nitrogens with one attached hydrogen (secondary N) is 1. The Bertz CT molecular complexity index is 374. The van der Waals surface area contributed by atoms with Crippen LogP contribution in [-0.4, -0.2) is 12.6 Å². The lowest BCUT2D eigenvalue weighted by Gasteiger charge is -2.22. The largest absolute Gasteiger partial charge is 0.497 e. The van der Waals surface area contributed by atoms with Gasteiger partial charge in [0.15, 0.2) is 0 Å². The maximum atomic E-state index is 12.8. The lowest BCUT2D eigenvalue weighted by atomic mass is 10.1. The summed E-state index contributed by atoms with van der Waals surface area (Å²) in [6.07, 6.45) is 6.21. The Morgan fingerprint density at radius 2 is 2.18 bits per heavy atom. The van der Waals surface area contributed by atoms with Crippen LogP contribution >= 0.6 is 0 Å². The Morgan fingerprint density at radius 3 is 2.82 bits per heavy atom. The van der Waals surface area contributed by atoms with Crippen molar-refractivity contribution < 1.29 is 9.13 Å². The molecule has 3 heteroatoms. The van der Waals surface area contributed by atoms with Crippen molar-refractivity contribution in [1.82, 2.24) is 5.32 Å². The van der Waals surface area contributed by atoms with Gasteiger partial charge >= 0.3 is 0 Å². The van der Waals surface area contributed by atoms with Crippen LogP contribution in [0.3, 0.4) is 0 Å². The van der Waals surface area contributed by atoms with Gasteiger partial charge in [-0.3, -0.25) is 0 Å². The first-order valence-electron chi connectivity index (χ1n) is 6.05. The van der Waals surface area contributed by atoms with E-state index in [1.54, 1.807) is 6.26 Å². The highest BCUT2D eigenvalue weighted by molar-refractivity contribution is 5.19. The van der Waals surface area contributed by atoms with E-state index in [2.05, 4.69) is 12.2 Å². The normalized spacial score (nSPS) is 20.9. The van der Waals surface area contributed by atoms with Gasteiger partial charge in [0, 0.05) is 12.6 Å². The molecule has 0 aromatic heterocycles. The summed E-state index contributed by atoms with van der Waals surface area (Å²) in [7, 11) is 0. The number of ether oxygens (including phenoxy) is 1. The van der Waals surface area contributed by atoms with Gasteiger partial charge in [0.25, 0.3) is 0 Å². The molecule has 0 saturated heterocycles. The summed E-state index contributed by atoms with van der Waals surface area (Å²) in [4.78, 5) is 0. The van der Waals surface area contributed by atoms with Crippen molar-refractivity contribution in [2.75, 3.05) is 6.54 Å². The van der Waals surface area contributed by atoms with E-state index in [-0.39, 0.29) is 18.0 Å². The molecule has 1 unspecified atom stereocenters. The van der Waals surface area contributed by atoms with E-state index in [9.17, 15) is 4.39 Å². The third-order valence-electron chi connectivity index (χ3n) is 3.04. The Morgan fingerprint density at radius 1 is 1.41 bits per heavy atom. The summed E-state index contributed by atoms with van der Waals surface area (Å²) in [6.45, 7) is 2.90. The fraction of sp³-hybridized carbons (Fsp3) is 0.429. The van der Waals surface area contributed by atoms with Crippen molar-refractivity contribution >= 4 is 0 Å². The van der Waals surface area contributed by atoms with Gasteiger partial charge in [0.2, 0.25) is 0 Å². The first kappa shape index (κ1) is 12.1. The molecule has 0 spiro atoms. The van der Waals surface area contributed by atoms with Crippen LogP contribution in [0.2, 0.25) is 0 Å². The standard InChI is InChI=1S/C14H18FNO/c1-11(12-5-7-13(15)8-6-12)16-10-14-4-2-3-9-17-14/h3,5-9,11,14,16H,2,4,10H2,1H3/t11-,14?/m0/s1. The average molecular weight is 235 g/mol. The molecule has 0 amide bonds. The Labute approximate surface area is 101 Å². The van der Waals surface area contributed by atoms with Crippen LogP contribution in [-0.2, 0) is 4.74 Å². The van der Waals surface area contributed by atoms with Gasteiger partial charge in [-0.05, 0) is 43.5 Å². The number of benzene rings is 1. The molecule has 1 heterocycles. The molecular formula is C14H18FNO. The van der Waals surface area contributed by atoms with Crippen molar-refractivity contribution in [3.05, 3.63) is 48.0 Å². The molecule has 1 aliphatic heterocycles. The van der Waals surface area contributed by atoms with Gasteiger partial charge in [0.05, 0.1) is 6.26 Å². The van der Waals surface area contributed by atoms with Gasteiger partial charge in [0.1, 0.15) is 11.9 Å². The summed E-state index contributed by atoms with van der Waals surface area (Å²) in [6, 6.07) is 6.83. The van der Waals surface area contributed by atoms with E-state index in [0.29, 0.717) is 0 Å². The molecule has 2 rings (SSSR count). The highest BCUT2D eigenvalue weighted by atomic mass is 19.1. The van der Waals surface area contributed by atoms with E-state index in [1.165, 1.54) is 12.1 Å². The summed E-state index contributed by atoms with van der Waals surface area (Å²) < 4.78 is 18.3. The molecule has 0 saturated carbocycles. The SMILES string of the molecule is C[C@H](NCC1CCC=CO1)c1ccc(F)cc1. The summed E-state index contributed by atoms with van der Waals surface area (Å²) in [5.74, 6) is -0.193. The predicted octanol–water partition coefficient (Wildman–Crippen LogP) is 3.17. The van der Waals surface area contributed by atoms with E-state index < -0.39 is 0 Å². The van der Waals surface area contributed by atoms with Gasteiger partial charge in [-0.15, -0.1) is 0 Å². The van der Waals surface area contributed by atoms with E-state index in [1.807, 2.05) is 18.2 Å². The number of hydrogen-bond acceptors (Lipinski definition) is 2. The second-order valence-electron chi connectivity index (χ2n) is 4.39. The molecule has 0 aliphatic carbocycles. The molecule has 92 valence electrons. The first-order chi connectivity index (χ1) is 8.25. The van der Waals surface area contributed by atoms with Crippen LogP contribution in [0.4, 0.5) is 4.39 Å². The highest BCUT2D eigenvalue weighted by Crippen LogP contribution is 2.14. The van der Waals surface area contributed by atoms with Crippen molar-refractivity contribution in [2.45, 2.75) is 31.9 Å². The zero-order valence-corrected chi connectivity index (χ0v) is 10.0. The Hall–Kier alpha value is -1.35. The van der Waals surface area contributed by atoms with Crippen LogP contribution in [0.1, 0.15) is 31.4 Å². The third kappa shape index (κ3) is 3.56. The molecule has 17 heavy (non-hydrogen) atoms. The van der Waals surface area contributed by atoms with Crippen molar-refractivity contribution in [2.24, 2.45) is 0 Å². The second-order valence-corrected chi connectivity index (χ2v) is 4.39. The molecule has 1 aliphatic rings. The van der Waals surface area contributed by atoms with E-state index in [0.717, 1.165) is 24.9 Å². The number of allylic oxidation sites excluding steroid dienone is 1. The van der Waals surface area contributed by atoms with Crippen LogP contribution in [0.5, 0.6) is 0 Å². The minimum atomic E-state index is -0.193. The average Bonchev–Trinajstić information content (AvgIpc) is 2.38. The summed E-state index contributed by atoms with van der Waals surface area (Å²) in [5.41, 5.74) is 1.10. The minimum absolute atomic E-state index is 0.193. The summed E-state index contributed by atoms with van der Waals surface area (Å²) >= 11 is 0. The molecular weight excluding hydrogens is 217 g/mol. The zero-order chi connectivity index (χ0) is 12.1. The zero-order valence-electron chi connectivity index (χ0n) is 10.0. The third-order valence-corrected chi connectivity index (χ3v) is 3.04. The van der Waals surface area contributed by atoms with Crippen LogP contribution in [0.25, 0.3) is 0 Å². The first-order valence-corrected chi connectivity index (χ1v) is 6.05. The molecule has 0 bridgehead atoms. The highest BCUT2D eigenvalue weighted by Gasteiger charge is 2.12. The Kier molecular flexibility index (Phi) is 4.15. The molecule has 1 aromatic carbocycles. The second kappa shape index (κ2) is 5.82. The van der Waals surface area contributed by atoms with Crippen molar-refractivity contribution in [3.63, 3.8) is 0 Å². The maximum Gasteiger partial charge on any atom is 0.123 e. The molecule has 0 fully saturated rings. The van der Waals surface area contributed by atoms with Crippen molar-refractivity contribution in [1.29, 1.82) is 0 Å². The molecule has 2 nitrogen and oxygen atoms in total. The quantitative estimate of drug-likeness (QED) is 0.865. The minimum Gasteiger partial charge on any atom is -0.497 e. The fourth-order valence-electron chi connectivity index (χ4n) is 1.91. The van der Waals surface area contributed by atoms with Gasteiger partial charge in [-0.1, -0.05) is 12.1 Å². The lowest BCUT2D eigenvalue weighted by Crippen LogP contribution is -2.31. The smallest absolute Gasteiger partial charge is 0.123 e. The van der Waals surface area contributed by atoms with Crippen LogP contribution in [0.15, 0.2) is 36.6 Å². The van der Waals surface area contributed by atoms with E-state index >= 15 is 0 Å². The molecule has 1 N–H and O–H groups in total. The topological polar surface area (TPSA) is 21.3 Å². The molecule has 0 radical (unpaired) electrons. The monoisotopic (exact) mass is 235 g/mol.